The van der Waals surface area contributed by atoms with Gasteiger partial charge in [0, 0.05) is 49.2 Å². The normalized spacial score (nSPS) is 34.5. The second-order valence-corrected chi connectivity index (χ2v) is 12.0. The molecule has 2 N–H and O–H groups in total. The lowest BCUT2D eigenvalue weighted by Crippen LogP contribution is -2.60. The summed E-state index contributed by atoms with van der Waals surface area (Å²) in [6.45, 7) is 4.58. The second kappa shape index (κ2) is 8.39. The van der Waals surface area contributed by atoms with Crippen molar-refractivity contribution in [3.8, 4) is 0 Å². The zero-order chi connectivity index (χ0) is 21.5. The third kappa shape index (κ3) is 4.49. The van der Waals surface area contributed by atoms with E-state index >= 15 is 0 Å². The van der Waals surface area contributed by atoms with E-state index in [9.17, 15) is 9.59 Å². The number of nitrogens with one attached hydrogen (secondary N) is 2. The topological polar surface area (TPSA) is 64.7 Å². The molecular weight excluding hydrogens is 456 g/mol. The molecule has 6 nitrogen and oxygen atoms in total. The van der Waals surface area contributed by atoms with Gasteiger partial charge in [-0.05, 0) is 62.5 Å². The van der Waals surface area contributed by atoms with E-state index in [-0.39, 0.29) is 21.6 Å². The van der Waals surface area contributed by atoms with Crippen LogP contribution in [-0.2, 0) is 9.59 Å². The van der Waals surface area contributed by atoms with Gasteiger partial charge in [-0.1, -0.05) is 34.1 Å². The summed E-state index contributed by atoms with van der Waals surface area (Å²) in [4.78, 5) is 30.2. The lowest BCUT2D eigenvalue weighted by Gasteiger charge is -2.59. The maximum absolute atomic E-state index is 13.1. The van der Waals surface area contributed by atoms with Gasteiger partial charge >= 0.3 is 0 Å². The minimum absolute atomic E-state index is 0.0234. The molecule has 1 aromatic carbocycles. The third-order valence-electron chi connectivity index (χ3n) is 7.94. The zero-order valence-electron chi connectivity index (χ0n) is 18.1. The summed E-state index contributed by atoms with van der Waals surface area (Å²) in [5.74, 6) is 1.22. The Morgan fingerprint density at radius 1 is 0.968 bits per heavy atom. The molecule has 1 aliphatic heterocycles. The average molecular weight is 489 g/mol. The number of hydrazine groups is 1. The summed E-state index contributed by atoms with van der Waals surface area (Å²) in [5, 5.41) is 0. The highest BCUT2D eigenvalue weighted by atomic mass is 79.9. The Morgan fingerprint density at radius 2 is 1.65 bits per heavy atom. The molecule has 4 bridgehead atoms. The highest BCUT2D eigenvalue weighted by Crippen LogP contribution is 2.64. The van der Waals surface area contributed by atoms with Crippen LogP contribution in [0.3, 0.4) is 0 Å². The van der Waals surface area contributed by atoms with Crippen molar-refractivity contribution in [3.05, 3.63) is 30.3 Å². The quantitative estimate of drug-likeness (QED) is 0.493. The van der Waals surface area contributed by atoms with E-state index in [1.807, 2.05) is 6.07 Å². The van der Waals surface area contributed by atoms with Crippen LogP contribution < -0.4 is 15.8 Å². The molecule has 2 unspecified atom stereocenters. The Bertz CT molecular complexity index is 810. The maximum Gasteiger partial charge on any atom is 0.244 e. The van der Waals surface area contributed by atoms with Crippen LogP contribution in [0, 0.1) is 17.3 Å². The van der Waals surface area contributed by atoms with Crippen molar-refractivity contribution in [2.45, 2.75) is 49.3 Å². The van der Waals surface area contributed by atoms with Gasteiger partial charge in [-0.15, -0.1) is 0 Å². The summed E-state index contributed by atoms with van der Waals surface area (Å²) in [7, 11) is 0. The molecule has 4 aliphatic carbocycles. The van der Waals surface area contributed by atoms with Crippen LogP contribution in [-0.4, -0.2) is 53.8 Å². The summed E-state index contributed by atoms with van der Waals surface area (Å²) in [6, 6.07) is 10.5. The highest BCUT2D eigenvalue weighted by molar-refractivity contribution is 9.10. The molecule has 0 radical (unpaired) electrons. The molecule has 0 spiro atoms. The Kier molecular flexibility index (Phi) is 5.76. The third-order valence-corrected chi connectivity index (χ3v) is 8.86. The summed E-state index contributed by atoms with van der Waals surface area (Å²) in [5.41, 5.74) is 6.45. The molecule has 1 aromatic rings. The van der Waals surface area contributed by atoms with Crippen LogP contribution in [0.1, 0.15) is 44.9 Å². The van der Waals surface area contributed by atoms with Crippen LogP contribution in [0.4, 0.5) is 5.69 Å². The van der Waals surface area contributed by atoms with Crippen LogP contribution >= 0.6 is 15.9 Å². The fourth-order valence-corrected chi connectivity index (χ4v) is 8.32. The van der Waals surface area contributed by atoms with E-state index in [1.165, 1.54) is 24.9 Å². The molecule has 6 rings (SSSR count). The van der Waals surface area contributed by atoms with Crippen LogP contribution in [0.25, 0.3) is 0 Å². The van der Waals surface area contributed by atoms with Crippen molar-refractivity contribution >= 4 is 33.4 Å². The fraction of sp³-hybridized carbons (Fsp3) is 0.667. The molecule has 7 heteroatoms. The van der Waals surface area contributed by atoms with E-state index in [1.54, 1.807) is 0 Å². The van der Waals surface area contributed by atoms with Gasteiger partial charge in [0.25, 0.3) is 0 Å². The minimum Gasteiger partial charge on any atom is -0.369 e. The molecule has 4 saturated carbocycles. The van der Waals surface area contributed by atoms with Gasteiger partial charge in [-0.25, -0.2) is 0 Å². The number of benzene rings is 1. The molecule has 0 aromatic heterocycles. The first-order chi connectivity index (χ1) is 14.9. The smallest absolute Gasteiger partial charge is 0.244 e. The number of nitrogens with zero attached hydrogens (tertiary/aromatic N) is 2. The predicted octanol–water partition coefficient (Wildman–Crippen LogP) is 3.08. The van der Waals surface area contributed by atoms with E-state index < -0.39 is 0 Å². The Labute approximate surface area is 193 Å². The monoisotopic (exact) mass is 488 g/mol. The van der Waals surface area contributed by atoms with Crippen molar-refractivity contribution in [1.29, 1.82) is 0 Å². The number of alkyl halides is 1. The van der Waals surface area contributed by atoms with E-state index in [0.717, 1.165) is 52.0 Å². The molecule has 2 atom stereocenters. The Hall–Kier alpha value is -1.60. The molecule has 2 amide bonds. The molecule has 1 heterocycles. The van der Waals surface area contributed by atoms with Crippen LogP contribution in [0.2, 0.25) is 0 Å². The van der Waals surface area contributed by atoms with Crippen molar-refractivity contribution in [1.82, 2.24) is 15.8 Å². The maximum atomic E-state index is 13.1. The Balaban J connectivity index is 1.05. The summed E-state index contributed by atoms with van der Waals surface area (Å²) < 4.78 is 0.139. The van der Waals surface area contributed by atoms with Crippen molar-refractivity contribution in [3.63, 3.8) is 0 Å². The van der Waals surface area contributed by atoms with E-state index in [4.69, 9.17) is 0 Å². The van der Waals surface area contributed by atoms with Crippen molar-refractivity contribution in [2.75, 3.05) is 37.6 Å². The number of hydrogen-bond donors (Lipinski definition) is 2. The van der Waals surface area contributed by atoms with Crippen molar-refractivity contribution in [2.24, 2.45) is 17.3 Å². The molecule has 5 fully saturated rings. The van der Waals surface area contributed by atoms with Crippen LogP contribution in [0.15, 0.2) is 30.3 Å². The SMILES string of the molecule is O=C(CCN1CCN(c2ccccc2)CC1)NNC(=O)C12CC3CC(CC(Br)(C3)C1)C2. The number of carbonyl (C=O) groups is 2. The van der Waals surface area contributed by atoms with Gasteiger partial charge in [0.2, 0.25) is 11.8 Å². The average Bonchev–Trinajstić information content (AvgIpc) is 2.75. The van der Waals surface area contributed by atoms with Gasteiger partial charge in [-0.2, -0.15) is 0 Å². The summed E-state index contributed by atoms with van der Waals surface area (Å²) in [6.07, 6.45) is 6.93. The summed E-state index contributed by atoms with van der Waals surface area (Å²) >= 11 is 3.95. The molecule has 1 saturated heterocycles. The largest absolute Gasteiger partial charge is 0.369 e. The molecule has 168 valence electrons. The Morgan fingerprint density at radius 3 is 2.29 bits per heavy atom. The van der Waals surface area contributed by atoms with E-state index in [2.05, 4.69) is 60.8 Å². The van der Waals surface area contributed by atoms with Gasteiger partial charge in [0.1, 0.15) is 0 Å². The number of halogens is 1. The van der Waals surface area contributed by atoms with Gasteiger partial charge in [0.05, 0.1) is 5.41 Å². The van der Waals surface area contributed by atoms with Crippen LogP contribution in [0.5, 0.6) is 0 Å². The van der Waals surface area contributed by atoms with E-state index in [0.29, 0.717) is 18.3 Å². The number of hydrogen-bond acceptors (Lipinski definition) is 4. The van der Waals surface area contributed by atoms with Gasteiger partial charge in [0.15, 0.2) is 0 Å². The van der Waals surface area contributed by atoms with Gasteiger partial charge in [-0.3, -0.25) is 25.3 Å². The lowest BCUT2D eigenvalue weighted by molar-refractivity contribution is -0.146. The standard InChI is InChI=1S/C24H33BrN4O2/c25-24-15-18-12-19(16-24)14-23(13-18,17-24)22(31)27-26-21(30)6-7-28-8-10-29(11-9-28)20-4-2-1-3-5-20/h1-5,18-19H,6-17H2,(H,26,30)(H,27,31). The minimum atomic E-state index is -0.297. The predicted molar refractivity (Wildman–Crippen MR) is 125 cm³/mol. The molecular formula is C24H33BrN4O2. The molecule has 5 aliphatic rings. The first-order valence-corrected chi connectivity index (χ1v) is 12.5. The number of rotatable bonds is 5. The zero-order valence-corrected chi connectivity index (χ0v) is 19.7. The first kappa shape index (κ1) is 21.3. The second-order valence-electron chi connectivity index (χ2n) is 10.3. The fourth-order valence-electron chi connectivity index (χ4n) is 6.87. The van der Waals surface area contributed by atoms with Crippen molar-refractivity contribution < 1.29 is 9.59 Å². The number of carbonyl (C=O) groups excluding carboxylic acids is 2. The number of piperazine rings is 1. The highest BCUT2D eigenvalue weighted by Gasteiger charge is 2.59. The van der Waals surface area contributed by atoms with Gasteiger partial charge < -0.3 is 4.90 Å². The lowest BCUT2D eigenvalue weighted by atomic mass is 9.49. The number of amides is 2. The first-order valence-electron chi connectivity index (χ1n) is 11.7. The molecule has 31 heavy (non-hydrogen) atoms. The number of para-hydroxylation sites is 1. The number of anilines is 1.